The van der Waals surface area contributed by atoms with Crippen LogP contribution in [0.5, 0.6) is 0 Å². The third-order valence-corrected chi connectivity index (χ3v) is 5.26. The van der Waals surface area contributed by atoms with E-state index in [-0.39, 0.29) is 23.7 Å². The summed E-state index contributed by atoms with van der Waals surface area (Å²) in [5, 5.41) is 4.06. The van der Waals surface area contributed by atoms with Gasteiger partial charge >= 0.3 is 0 Å². The molecule has 0 aliphatic carbocycles. The van der Waals surface area contributed by atoms with Crippen LogP contribution in [0.3, 0.4) is 0 Å². The second-order valence-electron chi connectivity index (χ2n) is 6.83. The van der Waals surface area contributed by atoms with Crippen LogP contribution in [0.25, 0.3) is 0 Å². The highest BCUT2D eigenvalue weighted by atomic mass is 16.2. The Labute approximate surface area is 146 Å². The lowest BCUT2D eigenvalue weighted by Gasteiger charge is -2.33. The van der Waals surface area contributed by atoms with Gasteiger partial charge in [-0.05, 0) is 30.0 Å². The van der Waals surface area contributed by atoms with Gasteiger partial charge in [0.25, 0.3) is 5.91 Å². The molecule has 2 amide bonds. The molecular formula is C18H21N5O2. The number of carbonyl (C=O) groups is 2. The van der Waals surface area contributed by atoms with Crippen molar-refractivity contribution in [2.75, 3.05) is 19.6 Å². The van der Waals surface area contributed by atoms with Crippen LogP contribution in [0.2, 0.25) is 0 Å². The average Bonchev–Trinajstić information content (AvgIpc) is 3.24. The van der Waals surface area contributed by atoms with Crippen molar-refractivity contribution in [3.8, 4) is 0 Å². The number of aromatic nitrogens is 3. The normalized spacial score (nSPS) is 23.0. The van der Waals surface area contributed by atoms with Crippen molar-refractivity contribution in [2.24, 2.45) is 18.9 Å². The molecule has 0 radical (unpaired) electrons. The van der Waals surface area contributed by atoms with Crippen LogP contribution in [0.1, 0.15) is 22.5 Å². The lowest BCUT2D eigenvalue weighted by atomic mass is 9.88. The lowest BCUT2D eigenvalue weighted by molar-refractivity contribution is -0.140. The first-order valence-corrected chi connectivity index (χ1v) is 8.58. The topological polar surface area (TPSA) is 71.3 Å². The van der Waals surface area contributed by atoms with Crippen LogP contribution < -0.4 is 0 Å². The summed E-state index contributed by atoms with van der Waals surface area (Å²) in [6.07, 6.45) is 6.09. The number of fused-ring (bicyclic) bond motifs is 1. The van der Waals surface area contributed by atoms with Crippen LogP contribution in [-0.2, 0) is 18.4 Å². The molecular weight excluding hydrogens is 318 g/mol. The van der Waals surface area contributed by atoms with E-state index >= 15 is 0 Å². The summed E-state index contributed by atoms with van der Waals surface area (Å²) in [4.78, 5) is 33.4. The van der Waals surface area contributed by atoms with E-state index in [1.165, 1.54) is 0 Å². The Kier molecular flexibility index (Phi) is 3.99. The summed E-state index contributed by atoms with van der Waals surface area (Å²) in [6, 6.07) is 5.59. The summed E-state index contributed by atoms with van der Waals surface area (Å²) < 4.78 is 1.58. The van der Waals surface area contributed by atoms with Crippen molar-refractivity contribution in [3.63, 3.8) is 0 Å². The molecule has 25 heavy (non-hydrogen) atoms. The summed E-state index contributed by atoms with van der Waals surface area (Å²) in [7, 11) is 1.76. The molecule has 2 fully saturated rings. The van der Waals surface area contributed by atoms with Crippen LogP contribution in [0.4, 0.5) is 0 Å². The molecule has 7 nitrogen and oxygen atoms in total. The number of hydrogen-bond donors (Lipinski definition) is 0. The second-order valence-corrected chi connectivity index (χ2v) is 6.83. The zero-order chi connectivity index (χ0) is 17.4. The quantitative estimate of drug-likeness (QED) is 0.834. The van der Waals surface area contributed by atoms with Gasteiger partial charge in [0, 0.05) is 51.8 Å². The summed E-state index contributed by atoms with van der Waals surface area (Å²) in [5.74, 6) is 0.277. The van der Waals surface area contributed by atoms with E-state index in [0.717, 1.165) is 18.5 Å². The second kappa shape index (κ2) is 6.31. The van der Waals surface area contributed by atoms with Crippen molar-refractivity contribution in [1.82, 2.24) is 24.6 Å². The van der Waals surface area contributed by atoms with Crippen molar-refractivity contribution in [2.45, 2.75) is 13.0 Å². The van der Waals surface area contributed by atoms with E-state index in [1.54, 1.807) is 41.3 Å². The van der Waals surface area contributed by atoms with Gasteiger partial charge in [0.05, 0.1) is 5.92 Å². The van der Waals surface area contributed by atoms with Gasteiger partial charge in [-0.2, -0.15) is 5.10 Å². The largest absolute Gasteiger partial charge is 0.338 e. The van der Waals surface area contributed by atoms with Gasteiger partial charge in [-0.1, -0.05) is 6.07 Å². The molecule has 0 N–H and O–H groups in total. The molecule has 2 aromatic heterocycles. The minimum absolute atomic E-state index is 0.0407. The SMILES string of the molecule is Cn1nccc1C(=O)N1C[C@H]2CCN(Cc3cccnc3)C(=O)[C@H]2C1. The minimum Gasteiger partial charge on any atom is -0.338 e. The van der Waals surface area contributed by atoms with E-state index in [1.807, 2.05) is 17.0 Å². The Hall–Kier alpha value is -2.70. The van der Waals surface area contributed by atoms with E-state index in [4.69, 9.17) is 0 Å². The van der Waals surface area contributed by atoms with E-state index in [9.17, 15) is 9.59 Å². The fourth-order valence-corrected chi connectivity index (χ4v) is 3.89. The van der Waals surface area contributed by atoms with Gasteiger partial charge in [-0.25, -0.2) is 0 Å². The van der Waals surface area contributed by atoms with E-state index in [2.05, 4.69) is 10.1 Å². The fourth-order valence-electron chi connectivity index (χ4n) is 3.89. The van der Waals surface area contributed by atoms with Crippen molar-refractivity contribution in [1.29, 1.82) is 0 Å². The first-order valence-electron chi connectivity index (χ1n) is 8.58. The first kappa shape index (κ1) is 15.8. The van der Waals surface area contributed by atoms with Gasteiger partial charge in [-0.3, -0.25) is 19.3 Å². The molecule has 0 aromatic carbocycles. The number of amides is 2. The van der Waals surface area contributed by atoms with Crippen molar-refractivity contribution in [3.05, 3.63) is 48.0 Å². The highest BCUT2D eigenvalue weighted by molar-refractivity contribution is 5.93. The van der Waals surface area contributed by atoms with Gasteiger partial charge in [0.2, 0.25) is 5.91 Å². The smallest absolute Gasteiger partial charge is 0.272 e. The molecule has 4 heterocycles. The number of hydrogen-bond acceptors (Lipinski definition) is 4. The summed E-state index contributed by atoms with van der Waals surface area (Å²) in [6.45, 7) is 2.48. The molecule has 2 aliphatic rings. The Morgan fingerprint density at radius 1 is 1.28 bits per heavy atom. The Morgan fingerprint density at radius 2 is 2.16 bits per heavy atom. The molecule has 4 rings (SSSR count). The fraction of sp³-hybridized carbons (Fsp3) is 0.444. The third kappa shape index (κ3) is 2.90. The lowest BCUT2D eigenvalue weighted by Crippen LogP contribution is -2.44. The number of aryl methyl sites for hydroxylation is 1. The van der Waals surface area contributed by atoms with Crippen molar-refractivity contribution >= 4 is 11.8 Å². The average molecular weight is 339 g/mol. The van der Waals surface area contributed by atoms with Crippen LogP contribution in [0.15, 0.2) is 36.8 Å². The Balaban J connectivity index is 1.45. The Bertz CT molecular complexity index is 788. The number of carbonyl (C=O) groups excluding carboxylic acids is 2. The number of pyridine rings is 1. The zero-order valence-corrected chi connectivity index (χ0v) is 14.2. The first-order chi connectivity index (χ1) is 12.1. The predicted molar refractivity (Wildman–Crippen MR) is 90.4 cm³/mol. The molecule has 7 heteroatoms. The maximum absolute atomic E-state index is 12.9. The highest BCUT2D eigenvalue weighted by Gasteiger charge is 2.44. The maximum atomic E-state index is 12.9. The molecule has 0 spiro atoms. The van der Waals surface area contributed by atoms with Crippen LogP contribution in [0, 0.1) is 11.8 Å². The van der Waals surface area contributed by atoms with Gasteiger partial charge in [0.15, 0.2) is 0 Å². The van der Waals surface area contributed by atoms with Gasteiger partial charge in [0.1, 0.15) is 5.69 Å². The molecule has 2 saturated heterocycles. The number of nitrogens with zero attached hydrogens (tertiary/aromatic N) is 5. The summed E-state index contributed by atoms with van der Waals surface area (Å²) in [5.41, 5.74) is 1.61. The number of rotatable bonds is 3. The Morgan fingerprint density at radius 3 is 2.88 bits per heavy atom. The molecule has 0 saturated carbocycles. The standard InChI is InChI=1S/C18H21N5O2/c1-21-16(4-7-20-21)18(25)23-11-14-5-8-22(17(24)15(14)12-23)10-13-3-2-6-19-9-13/h2-4,6-7,9,14-15H,5,8,10-12H2,1H3/t14-,15+/m1/s1. The molecule has 0 unspecified atom stereocenters. The zero-order valence-electron chi connectivity index (χ0n) is 14.2. The third-order valence-electron chi connectivity index (χ3n) is 5.26. The maximum Gasteiger partial charge on any atom is 0.272 e. The molecule has 130 valence electrons. The number of piperidine rings is 1. The van der Waals surface area contributed by atoms with Crippen molar-refractivity contribution < 1.29 is 9.59 Å². The van der Waals surface area contributed by atoms with Crippen LogP contribution >= 0.6 is 0 Å². The van der Waals surface area contributed by atoms with E-state index < -0.39 is 0 Å². The van der Waals surface area contributed by atoms with Gasteiger partial charge in [-0.15, -0.1) is 0 Å². The predicted octanol–water partition coefficient (Wildman–Crippen LogP) is 0.936. The minimum atomic E-state index is -0.0948. The number of likely N-dealkylation sites (tertiary alicyclic amines) is 2. The van der Waals surface area contributed by atoms with Gasteiger partial charge < -0.3 is 9.80 Å². The molecule has 2 aliphatic heterocycles. The highest BCUT2D eigenvalue weighted by Crippen LogP contribution is 2.33. The molecule has 2 atom stereocenters. The monoisotopic (exact) mass is 339 g/mol. The van der Waals surface area contributed by atoms with E-state index in [0.29, 0.717) is 25.3 Å². The molecule has 0 bridgehead atoms. The summed E-state index contributed by atoms with van der Waals surface area (Å²) >= 11 is 0. The molecule has 2 aromatic rings. The van der Waals surface area contributed by atoms with Crippen LogP contribution in [-0.4, -0.2) is 56.0 Å².